The summed E-state index contributed by atoms with van der Waals surface area (Å²) in [6.45, 7) is -0.268. The Bertz CT molecular complexity index is 299. The number of alkyl halides is 3. The zero-order valence-corrected chi connectivity index (χ0v) is 9.80. The first-order valence-electron chi connectivity index (χ1n) is 4.17. The lowest BCUT2D eigenvalue weighted by Crippen LogP contribution is -2.19. The molecule has 0 amide bonds. The first-order valence-corrected chi connectivity index (χ1v) is 5.25. The van der Waals surface area contributed by atoms with Gasteiger partial charge in [0.05, 0.1) is 6.61 Å². The SMILES string of the molecule is FC(F)(F)OCCNc1ccc(I)cc1. The topological polar surface area (TPSA) is 21.3 Å². The quantitative estimate of drug-likeness (QED) is 0.676. The summed E-state index contributed by atoms with van der Waals surface area (Å²) < 4.78 is 39.4. The molecule has 84 valence electrons. The molecule has 0 atom stereocenters. The predicted molar refractivity (Wildman–Crippen MR) is 59.7 cm³/mol. The van der Waals surface area contributed by atoms with E-state index < -0.39 is 13.0 Å². The highest BCUT2D eigenvalue weighted by Gasteiger charge is 2.28. The van der Waals surface area contributed by atoms with E-state index in [-0.39, 0.29) is 6.54 Å². The zero-order valence-electron chi connectivity index (χ0n) is 7.64. The van der Waals surface area contributed by atoms with Crippen molar-refractivity contribution < 1.29 is 17.9 Å². The van der Waals surface area contributed by atoms with E-state index >= 15 is 0 Å². The number of hydrogen-bond acceptors (Lipinski definition) is 2. The van der Waals surface area contributed by atoms with Gasteiger partial charge in [-0.3, -0.25) is 4.74 Å². The maximum absolute atomic E-state index is 11.6. The highest BCUT2D eigenvalue weighted by atomic mass is 127. The molecule has 0 saturated carbocycles. The molecule has 1 aromatic carbocycles. The van der Waals surface area contributed by atoms with Crippen LogP contribution in [-0.4, -0.2) is 19.5 Å². The minimum absolute atomic E-state index is 0.125. The van der Waals surface area contributed by atoms with Crippen LogP contribution in [0.25, 0.3) is 0 Å². The molecule has 1 aromatic rings. The lowest BCUT2D eigenvalue weighted by Gasteiger charge is -2.09. The van der Waals surface area contributed by atoms with Crippen LogP contribution in [-0.2, 0) is 4.74 Å². The van der Waals surface area contributed by atoms with Crippen LogP contribution < -0.4 is 5.32 Å². The number of benzene rings is 1. The Morgan fingerprint density at radius 2 is 1.80 bits per heavy atom. The van der Waals surface area contributed by atoms with E-state index in [9.17, 15) is 13.2 Å². The summed E-state index contributed by atoms with van der Waals surface area (Å²) in [7, 11) is 0. The maximum Gasteiger partial charge on any atom is 0.522 e. The molecule has 15 heavy (non-hydrogen) atoms. The van der Waals surface area contributed by atoms with Crippen molar-refractivity contribution in [3.63, 3.8) is 0 Å². The Morgan fingerprint density at radius 3 is 2.33 bits per heavy atom. The van der Waals surface area contributed by atoms with E-state index in [1.54, 1.807) is 12.1 Å². The number of halogens is 4. The highest BCUT2D eigenvalue weighted by Crippen LogP contribution is 2.16. The molecule has 0 fully saturated rings. The lowest BCUT2D eigenvalue weighted by atomic mass is 10.3. The summed E-state index contributed by atoms with van der Waals surface area (Å²) in [5.41, 5.74) is 0.779. The first kappa shape index (κ1) is 12.6. The number of ether oxygens (including phenoxy) is 1. The van der Waals surface area contributed by atoms with Gasteiger partial charge in [-0.25, -0.2) is 0 Å². The number of anilines is 1. The Morgan fingerprint density at radius 1 is 1.20 bits per heavy atom. The van der Waals surface area contributed by atoms with Crippen molar-refractivity contribution in [3.05, 3.63) is 27.8 Å². The van der Waals surface area contributed by atoms with Crippen molar-refractivity contribution in [2.24, 2.45) is 0 Å². The molecule has 1 rings (SSSR count). The van der Waals surface area contributed by atoms with Gasteiger partial charge in [-0.05, 0) is 46.9 Å². The molecule has 2 nitrogen and oxygen atoms in total. The first-order chi connectivity index (χ1) is 6.97. The van der Waals surface area contributed by atoms with Crippen LogP contribution in [0.4, 0.5) is 18.9 Å². The Balaban J connectivity index is 2.23. The van der Waals surface area contributed by atoms with E-state index in [0.717, 1.165) is 9.26 Å². The molecular weight excluding hydrogens is 322 g/mol. The summed E-state index contributed by atoms with van der Waals surface area (Å²) in [4.78, 5) is 0. The average Bonchev–Trinajstić information content (AvgIpc) is 2.14. The minimum Gasteiger partial charge on any atom is -0.383 e. The van der Waals surface area contributed by atoms with E-state index in [4.69, 9.17) is 0 Å². The standard InChI is InChI=1S/C9H9F3INO/c10-9(11,12)15-6-5-14-8-3-1-7(13)2-4-8/h1-4,14H,5-6H2. The summed E-state index contributed by atoms with van der Waals surface area (Å²) in [6, 6.07) is 7.34. The second-order valence-electron chi connectivity index (χ2n) is 2.73. The van der Waals surface area contributed by atoms with Gasteiger partial charge in [-0.2, -0.15) is 0 Å². The molecule has 0 aliphatic rings. The van der Waals surface area contributed by atoms with Gasteiger partial charge in [0.25, 0.3) is 0 Å². The van der Waals surface area contributed by atoms with Gasteiger partial charge in [0, 0.05) is 15.8 Å². The summed E-state index contributed by atoms with van der Waals surface area (Å²) in [5.74, 6) is 0. The van der Waals surface area contributed by atoms with Crippen molar-refractivity contribution >= 4 is 28.3 Å². The predicted octanol–water partition coefficient (Wildman–Crippen LogP) is 3.24. The van der Waals surface area contributed by atoms with Crippen molar-refractivity contribution in [3.8, 4) is 0 Å². The normalized spacial score (nSPS) is 11.5. The Labute approximate surface area is 98.9 Å². The maximum atomic E-state index is 11.6. The molecule has 6 heteroatoms. The minimum atomic E-state index is -4.55. The Hall–Kier alpha value is -0.500. The third kappa shape index (κ3) is 5.83. The summed E-state index contributed by atoms with van der Waals surface area (Å²) in [5, 5.41) is 2.82. The molecule has 0 heterocycles. The second kappa shape index (κ2) is 5.55. The number of rotatable bonds is 4. The molecule has 0 spiro atoms. The average molecular weight is 331 g/mol. The fraction of sp³-hybridized carbons (Fsp3) is 0.333. The van der Waals surface area contributed by atoms with Gasteiger partial charge >= 0.3 is 6.36 Å². The van der Waals surface area contributed by atoms with E-state index in [2.05, 4.69) is 32.6 Å². The van der Waals surface area contributed by atoms with Crippen LogP contribution in [0, 0.1) is 3.57 Å². The van der Waals surface area contributed by atoms with Crippen LogP contribution in [0.2, 0.25) is 0 Å². The number of hydrogen-bond donors (Lipinski definition) is 1. The van der Waals surface area contributed by atoms with Gasteiger partial charge < -0.3 is 5.32 Å². The monoisotopic (exact) mass is 331 g/mol. The van der Waals surface area contributed by atoms with Crippen molar-refractivity contribution in [2.45, 2.75) is 6.36 Å². The van der Waals surface area contributed by atoms with Crippen LogP contribution in [0.15, 0.2) is 24.3 Å². The van der Waals surface area contributed by atoms with Gasteiger partial charge in [0.2, 0.25) is 0 Å². The van der Waals surface area contributed by atoms with Crippen molar-refractivity contribution in [1.29, 1.82) is 0 Å². The van der Waals surface area contributed by atoms with Crippen molar-refractivity contribution in [1.82, 2.24) is 0 Å². The van der Waals surface area contributed by atoms with Gasteiger partial charge in [-0.1, -0.05) is 0 Å². The van der Waals surface area contributed by atoms with Crippen LogP contribution in [0.5, 0.6) is 0 Å². The number of nitrogens with one attached hydrogen (secondary N) is 1. The van der Waals surface area contributed by atoms with Gasteiger partial charge in [-0.15, -0.1) is 13.2 Å². The van der Waals surface area contributed by atoms with E-state index in [0.29, 0.717) is 0 Å². The zero-order chi connectivity index (χ0) is 11.3. The molecule has 0 unspecified atom stereocenters. The van der Waals surface area contributed by atoms with Crippen LogP contribution in [0.3, 0.4) is 0 Å². The van der Waals surface area contributed by atoms with E-state index in [1.807, 2.05) is 12.1 Å². The van der Waals surface area contributed by atoms with Crippen molar-refractivity contribution in [2.75, 3.05) is 18.5 Å². The van der Waals surface area contributed by atoms with Gasteiger partial charge in [0.15, 0.2) is 0 Å². The molecular formula is C9H9F3INO. The fourth-order valence-electron chi connectivity index (χ4n) is 0.930. The van der Waals surface area contributed by atoms with Gasteiger partial charge in [0.1, 0.15) is 0 Å². The molecule has 0 radical (unpaired) electrons. The smallest absolute Gasteiger partial charge is 0.383 e. The third-order valence-corrected chi connectivity index (χ3v) is 2.26. The molecule has 0 saturated heterocycles. The molecule has 1 N–H and O–H groups in total. The second-order valence-corrected chi connectivity index (χ2v) is 3.97. The molecule has 0 bridgehead atoms. The summed E-state index contributed by atoms with van der Waals surface area (Å²) >= 11 is 2.15. The Kier molecular flexibility index (Phi) is 4.65. The van der Waals surface area contributed by atoms with Crippen LogP contribution >= 0.6 is 22.6 Å². The molecule has 0 aromatic heterocycles. The molecule has 0 aliphatic carbocycles. The largest absolute Gasteiger partial charge is 0.522 e. The van der Waals surface area contributed by atoms with Crippen LogP contribution in [0.1, 0.15) is 0 Å². The van der Waals surface area contributed by atoms with E-state index in [1.165, 1.54) is 0 Å². The third-order valence-electron chi connectivity index (χ3n) is 1.54. The highest BCUT2D eigenvalue weighted by molar-refractivity contribution is 14.1. The lowest BCUT2D eigenvalue weighted by molar-refractivity contribution is -0.322. The molecule has 0 aliphatic heterocycles. The summed E-state index contributed by atoms with van der Waals surface area (Å²) in [6.07, 6.45) is -4.55. The fourth-order valence-corrected chi connectivity index (χ4v) is 1.29.